The van der Waals surface area contributed by atoms with Gasteiger partial charge in [0.1, 0.15) is 12.1 Å². The summed E-state index contributed by atoms with van der Waals surface area (Å²) in [6, 6.07) is -3.28. The van der Waals surface area contributed by atoms with E-state index in [9.17, 15) is 32.4 Å². The number of carbonyl (C=O) groups excluding carboxylic acids is 5. The third-order valence-corrected chi connectivity index (χ3v) is 14.4. The third-order valence-electron chi connectivity index (χ3n) is 11.6. The van der Waals surface area contributed by atoms with Gasteiger partial charge in [-0.25, -0.2) is 13.2 Å². The molecule has 0 aromatic rings. The van der Waals surface area contributed by atoms with Gasteiger partial charge in [0.2, 0.25) is 17.6 Å². The Hall–Kier alpha value is -2.70. The Balaban J connectivity index is 1.52. The zero-order valence-electron chi connectivity index (χ0n) is 31.2. The third kappa shape index (κ3) is 10.2. The normalized spacial score (nSPS) is 23.3. The highest BCUT2D eigenvalue weighted by molar-refractivity contribution is 7.92. The van der Waals surface area contributed by atoms with Crippen molar-refractivity contribution in [3.63, 3.8) is 0 Å². The smallest absolute Gasteiger partial charge is 0.315 e. The molecule has 4 fully saturated rings. The molecule has 13 heteroatoms. The summed E-state index contributed by atoms with van der Waals surface area (Å²) < 4.78 is 25.8. The highest BCUT2D eigenvalue weighted by Crippen LogP contribution is 2.41. The largest absolute Gasteiger partial charge is 0.349 e. The van der Waals surface area contributed by atoms with E-state index in [2.05, 4.69) is 21.3 Å². The standard InChI is InChI=1S/C37H63N5O7S/c1-6-7-22-38-32(45)29(43)27(24-26-16-17-26)39-31(44)28-15-14-23-42(28)33(46)30(36(5)18-10-8-11-19-36)40-34(47)41-37(20-12-9-13-21-37)25-50(48,49)35(2,3)4/h26-28,30H,6-25H2,1-5H3,(H,38,45)(H,39,44)(H2,40,41,47)/t27?,28-,30+/m0/s1. The number of urea groups is 1. The van der Waals surface area contributed by atoms with Gasteiger partial charge in [-0.3, -0.25) is 19.2 Å². The van der Waals surface area contributed by atoms with E-state index >= 15 is 0 Å². The molecule has 0 aromatic carbocycles. The lowest BCUT2D eigenvalue weighted by molar-refractivity contribution is -0.144. The van der Waals surface area contributed by atoms with Crippen molar-refractivity contribution in [1.82, 2.24) is 26.2 Å². The molecule has 4 N–H and O–H groups in total. The van der Waals surface area contributed by atoms with E-state index in [1.165, 1.54) is 0 Å². The summed E-state index contributed by atoms with van der Waals surface area (Å²) in [4.78, 5) is 69.7. The molecule has 0 bridgehead atoms. The van der Waals surface area contributed by atoms with Crippen LogP contribution < -0.4 is 21.3 Å². The highest BCUT2D eigenvalue weighted by atomic mass is 32.2. The summed E-state index contributed by atoms with van der Waals surface area (Å²) in [6.07, 6.45) is 12.9. The van der Waals surface area contributed by atoms with E-state index in [1.807, 2.05) is 13.8 Å². The van der Waals surface area contributed by atoms with Crippen LogP contribution in [0, 0.1) is 11.3 Å². The molecule has 5 amide bonds. The summed E-state index contributed by atoms with van der Waals surface area (Å²) in [7, 11) is -3.55. The number of nitrogens with zero attached hydrogens (tertiary/aromatic N) is 1. The van der Waals surface area contributed by atoms with Crippen molar-refractivity contribution in [1.29, 1.82) is 0 Å². The van der Waals surface area contributed by atoms with Crippen molar-refractivity contribution >= 4 is 39.4 Å². The Labute approximate surface area is 299 Å². The maximum Gasteiger partial charge on any atom is 0.315 e. The monoisotopic (exact) mass is 721 g/mol. The molecular weight excluding hydrogens is 659 g/mol. The number of unbranched alkanes of at least 4 members (excludes halogenated alkanes) is 1. The first-order chi connectivity index (χ1) is 23.5. The molecule has 3 aliphatic carbocycles. The lowest BCUT2D eigenvalue weighted by atomic mass is 9.70. The SMILES string of the molecule is CCCCNC(=O)C(=O)C(CC1CC1)NC(=O)[C@@H]1CCCN1C(=O)[C@@H](NC(=O)NC1(CS(=O)(=O)C(C)(C)C)CCCCC1)C1(C)CCCCC1. The molecule has 3 atom stereocenters. The van der Waals surface area contributed by atoms with E-state index in [4.69, 9.17) is 0 Å². The van der Waals surface area contributed by atoms with Gasteiger partial charge in [-0.1, -0.05) is 71.6 Å². The average molecular weight is 722 g/mol. The van der Waals surface area contributed by atoms with Gasteiger partial charge in [-0.05, 0) is 83.5 Å². The van der Waals surface area contributed by atoms with Gasteiger partial charge in [0.05, 0.1) is 22.1 Å². The molecule has 1 saturated heterocycles. The van der Waals surface area contributed by atoms with Gasteiger partial charge < -0.3 is 26.2 Å². The average Bonchev–Trinajstić information content (AvgIpc) is 3.73. The summed E-state index contributed by atoms with van der Waals surface area (Å²) in [5, 5.41) is 11.6. The van der Waals surface area contributed by atoms with Crippen LogP contribution in [-0.2, 0) is 29.0 Å². The van der Waals surface area contributed by atoms with Crippen molar-refractivity contribution in [2.75, 3.05) is 18.8 Å². The molecule has 1 unspecified atom stereocenters. The van der Waals surface area contributed by atoms with E-state index in [1.54, 1.807) is 25.7 Å². The number of ketones is 1. The second kappa shape index (κ2) is 16.8. The molecule has 0 spiro atoms. The van der Waals surface area contributed by atoms with Crippen LogP contribution in [0.5, 0.6) is 0 Å². The number of likely N-dealkylation sites (tertiary alicyclic amines) is 1. The quantitative estimate of drug-likeness (QED) is 0.144. The summed E-state index contributed by atoms with van der Waals surface area (Å²) in [6.45, 7) is 9.76. The number of hydrogen-bond donors (Lipinski definition) is 4. The molecule has 1 heterocycles. The predicted octanol–water partition coefficient (Wildman–Crippen LogP) is 4.30. The fourth-order valence-corrected chi connectivity index (χ4v) is 9.51. The summed E-state index contributed by atoms with van der Waals surface area (Å²) in [5.74, 6) is -2.05. The van der Waals surface area contributed by atoms with Crippen LogP contribution in [0.2, 0.25) is 0 Å². The zero-order chi connectivity index (χ0) is 36.7. The van der Waals surface area contributed by atoms with Crippen molar-refractivity contribution in [2.45, 2.75) is 172 Å². The minimum absolute atomic E-state index is 0.168. The van der Waals surface area contributed by atoms with Crippen LogP contribution in [-0.4, -0.2) is 90.1 Å². The summed E-state index contributed by atoms with van der Waals surface area (Å²) in [5.41, 5.74) is -1.49. The molecule has 4 aliphatic rings. The Morgan fingerprint density at radius 2 is 1.48 bits per heavy atom. The van der Waals surface area contributed by atoms with Crippen molar-refractivity contribution < 1.29 is 32.4 Å². The van der Waals surface area contributed by atoms with E-state index in [0.29, 0.717) is 45.2 Å². The predicted molar refractivity (Wildman–Crippen MR) is 193 cm³/mol. The number of amides is 5. The first-order valence-corrected chi connectivity index (χ1v) is 20.9. The van der Waals surface area contributed by atoms with Crippen LogP contribution in [0.25, 0.3) is 0 Å². The minimum atomic E-state index is -3.55. The fourth-order valence-electron chi connectivity index (χ4n) is 7.98. The molecule has 0 radical (unpaired) electrons. The van der Waals surface area contributed by atoms with Gasteiger partial charge in [0, 0.05) is 13.1 Å². The number of carbonyl (C=O) groups is 5. The van der Waals surface area contributed by atoms with Gasteiger partial charge in [-0.15, -0.1) is 0 Å². The number of sulfone groups is 1. The van der Waals surface area contributed by atoms with Crippen molar-refractivity contribution in [3.05, 3.63) is 0 Å². The van der Waals surface area contributed by atoms with Gasteiger partial charge >= 0.3 is 6.03 Å². The van der Waals surface area contributed by atoms with Crippen molar-refractivity contribution in [3.8, 4) is 0 Å². The maximum atomic E-state index is 14.6. The van der Waals surface area contributed by atoms with Gasteiger partial charge in [0.15, 0.2) is 9.84 Å². The Kier molecular flexibility index (Phi) is 13.4. The van der Waals surface area contributed by atoms with Crippen LogP contribution in [0.3, 0.4) is 0 Å². The van der Waals surface area contributed by atoms with E-state index in [0.717, 1.165) is 77.0 Å². The Morgan fingerprint density at radius 3 is 2.06 bits per heavy atom. The molecular formula is C37H63N5O7S. The molecule has 4 rings (SSSR count). The lowest BCUT2D eigenvalue weighted by Gasteiger charge is -2.44. The van der Waals surface area contributed by atoms with Crippen LogP contribution in [0.15, 0.2) is 0 Å². The Bertz CT molecular complexity index is 1340. The second-order valence-electron chi connectivity index (χ2n) is 16.9. The zero-order valence-corrected chi connectivity index (χ0v) is 32.0. The first kappa shape index (κ1) is 40.1. The molecule has 1 aliphatic heterocycles. The van der Waals surface area contributed by atoms with Gasteiger partial charge in [0.25, 0.3) is 5.91 Å². The Morgan fingerprint density at radius 1 is 0.860 bits per heavy atom. The number of hydrogen-bond acceptors (Lipinski definition) is 7. The number of nitrogens with one attached hydrogen (secondary N) is 4. The highest BCUT2D eigenvalue weighted by Gasteiger charge is 2.48. The molecule has 284 valence electrons. The molecule has 0 aromatic heterocycles. The topological polar surface area (TPSA) is 171 Å². The maximum absolute atomic E-state index is 14.6. The minimum Gasteiger partial charge on any atom is -0.349 e. The molecule has 50 heavy (non-hydrogen) atoms. The molecule has 12 nitrogen and oxygen atoms in total. The van der Waals surface area contributed by atoms with Crippen LogP contribution in [0.4, 0.5) is 4.79 Å². The molecule has 3 saturated carbocycles. The summed E-state index contributed by atoms with van der Waals surface area (Å²) >= 11 is 0. The van der Waals surface area contributed by atoms with E-state index < -0.39 is 67.3 Å². The van der Waals surface area contributed by atoms with Crippen LogP contribution in [0.1, 0.15) is 144 Å². The van der Waals surface area contributed by atoms with Gasteiger partial charge in [-0.2, -0.15) is 0 Å². The van der Waals surface area contributed by atoms with Crippen molar-refractivity contribution in [2.24, 2.45) is 11.3 Å². The number of Topliss-reactive ketones (excluding diaryl/α,β-unsaturated/α-hetero) is 1. The first-order valence-electron chi connectivity index (χ1n) is 19.2. The second-order valence-corrected chi connectivity index (χ2v) is 19.6. The number of rotatable bonds is 15. The van der Waals surface area contributed by atoms with Crippen LogP contribution >= 0.6 is 0 Å². The van der Waals surface area contributed by atoms with E-state index in [-0.39, 0.29) is 17.6 Å². The lowest BCUT2D eigenvalue weighted by Crippen LogP contribution is -2.64. The fraction of sp³-hybridized carbons (Fsp3) is 0.865.